The maximum absolute atomic E-state index is 13.0. The number of amides is 2. The van der Waals surface area contributed by atoms with Gasteiger partial charge in [-0.1, -0.05) is 23.7 Å². The Bertz CT molecular complexity index is 1110. The number of nitrogens with one attached hydrogen (secondary N) is 1. The second kappa shape index (κ2) is 9.01. The molecule has 2 aromatic rings. The van der Waals surface area contributed by atoms with E-state index in [2.05, 4.69) is 10.1 Å². The minimum Gasteiger partial charge on any atom is -0.465 e. The number of ether oxygens (including phenoxy) is 2. The van der Waals surface area contributed by atoms with Crippen molar-refractivity contribution < 1.29 is 28.7 Å². The van der Waals surface area contributed by atoms with E-state index in [4.69, 9.17) is 16.3 Å². The summed E-state index contributed by atoms with van der Waals surface area (Å²) >= 11 is 6.14. The Morgan fingerprint density at radius 3 is 2.26 bits per heavy atom. The van der Waals surface area contributed by atoms with Gasteiger partial charge in [-0.15, -0.1) is 0 Å². The van der Waals surface area contributed by atoms with E-state index in [0.717, 1.165) is 4.90 Å². The van der Waals surface area contributed by atoms with E-state index < -0.39 is 23.8 Å². The van der Waals surface area contributed by atoms with E-state index in [9.17, 15) is 19.2 Å². The molecule has 1 aliphatic rings. The Kier molecular flexibility index (Phi) is 6.41. The predicted molar refractivity (Wildman–Crippen MR) is 114 cm³/mol. The summed E-state index contributed by atoms with van der Waals surface area (Å²) in [6.45, 7) is 3.43. The summed E-state index contributed by atoms with van der Waals surface area (Å²) < 4.78 is 9.83. The molecule has 9 heteroatoms. The zero-order valence-electron chi connectivity index (χ0n) is 17.0. The number of hydrogen-bond acceptors (Lipinski definition) is 7. The van der Waals surface area contributed by atoms with Crippen LogP contribution in [0.2, 0.25) is 0 Å². The fourth-order valence-corrected chi connectivity index (χ4v) is 3.10. The molecule has 0 unspecified atom stereocenters. The van der Waals surface area contributed by atoms with Gasteiger partial charge in [-0.2, -0.15) is 0 Å². The zero-order valence-corrected chi connectivity index (χ0v) is 17.7. The zero-order chi connectivity index (χ0) is 22.7. The Morgan fingerprint density at radius 1 is 0.968 bits per heavy atom. The smallest absolute Gasteiger partial charge is 0.338 e. The molecule has 0 fully saturated rings. The molecule has 0 bridgehead atoms. The van der Waals surface area contributed by atoms with Crippen LogP contribution in [0.15, 0.2) is 59.3 Å². The molecule has 0 radical (unpaired) electrons. The summed E-state index contributed by atoms with van der Waals surface area (Å²) in [5, 5.41) is 2.47. The lowest BCUT2D eigenvalue weighted by atomic mass is 10.2. The van der Waals surface area contributed by atoms with Crippen LogP contribution in [0.3, 0.4) is 0 Å². The third-order valence-electron chi connectivity index (χ3n) is 4.26. The van der Waals surface area contributed by atoms with Crippen LogP contribution in [-0.4, -0.2) is 37.0 Å². The molecular formula is C22H19ClN2O6. The van der Waals surface area contributed by atoms with E-state index in [1.54, 1.807) is 32.0 Å². The van der Waals surface area contributed by atoms with E-state index >= 15 is 0 Å². The number of benzene rings is 2. The molecule has 160 valence electrons. The largest absolute Gasteiger partial charge is 0.465 e. The van der Waals surface area contributed by atoms with Crippen LogP contribution in [0.4, 0.5) is 11.4 Å². The Labute approximate surface area is 183 Å². The fourth-order valence-electron chi connectivity index (χ4n) is 2.89. The van der Waals surface area contributed by atoms with Gasteiger partial charge in [0.25, 0.3) is 11.8 Å². The van der Waals surface area contributed by atoms with Crippen molar-refractivity contribution in [3.63, 3.8) is 0 Å². The molecule has 2 aromatic carbocycles. The number of carbonyl (C=O) groups excluding carboxylic acids is 4. The van der Waals surface area contributed by atoms with Gasteiger partial charge in [-0.05, 0) is 50.2 Å². The SMILES string of the molecule is COC(=O)c1cccc(NC2=C(Cl)C(=O)N(c3cccc(C(=O)OC(C)C)c3)C2=O)c1. The number of imide groups is 1. The quantitative estimate of drug-likeness (QED) is 0.539. The molecule has 3 rings (SSSR count). The van der Waals surface area contributed by atoms with Gasteiger partial charge < -0.3 is 14.8 Å². The molecule has 0 spiro atoms. The number of anilines is 2. The van der Waals surface area contributed by atoms with Gasteiger partial charge in [-0.3, -0.25) is 9.59 Å². The summed E-state index contributed by atoms with van der Waals surface area (Å²) in [7, 11) is 1.25. The molecule has 0 saturated carbocycles. The van der Waals surface area contributed by atoms with Gasteiger partial charge >= 0.3 is 11.9 Å². The summed E-state index contributed by atoms with van der Waals surface area (Å²) in [5.41, 5.74) is 0.841. The average molecular weight is 443 g/mol. The molecule has 8 nitrogen and oxygen atoms in total. The molecule has 31 heavy (non-hydrogen) atoms. The first-order chi connectivity index (χ1) is 14.7. The van der Waals surface area contributed by atoms with Gasteiger partial charge in [-0.25, -0.2) is 14.5 Å². The monoisotopic (exact) mass is 442 g/mol. The van der Waals surface area contributed by atoms with Gasteiger partial charge in [0.05, 0.1) is 30.0 Å². The lowest BCUT2D eigenvalue weighted by Crippen LogP contribution is -2.32. The van der Waals surface area contributed by atoms with Gasteiger partial charge in [0, 0.05) is 5.69 Å². The lowest BCUT2D eigenvalue weighted by Gasteiger charge is -2.16. The molecule has 0 aromatic heterocycles. The highest BCUT2D eigenvalue weighted by Gasteiger charge is 2.39. The number of carbonyl (C=O) groups is 4. The summed E-state index contributed by atoms with van der Waals surface area (Å²) in [4.78, 5) is 50.4. The van der Waals surface area contributed by atoms with Gasteiger partial charge in [0.15, 0.2) is 0 Å². The van der Waals surface area contributed by atoms with E-state index in [0.29, 0.717) is 5.69 Å². The van der Waals surface area contributed by atoms with E-state index in [1.807, 2.05) is 0 Å². The molecule has 1 N–H and O–H groups in total. The molecule has 1 aliphatic heterocycles. The Morgan fingerprint density at radius 2 is 1.61 bits per heavy atom. The average Bonchev–Trinajstić information content (AvgIpc) is 2.96. The van der Waals surface area contributed by atoms with E-state index in [-0.39, 0.29) is 33.6 Å². The van der Waals surface area contributed by atoms with Crippen LogP contribution in [0.25, 0.3) is 0 Å². The first kappa shape index (κ1) is 22.0. The second-order valence-electron chi connectivity index (χ2n) is 6.84. The first-order valence-corrected chi connectivity index (χ1v) is 9.65. The maximum Gasteiger partial charge on any atom is 0.338 e. The minimum atomic E-state index is -0.743. The normalized spacial score (nSPS) is 13.6. The number of rotatable bonds is 6. The van der Waals surface area contributed by atoms with Crippen LogP contribution in [0.1, 0.15) is 34.6 Å². The van der Waals surface area contributed by atoms with Crippen LogP contribution in [-0.2, 0) is 19.1 Å². The molecule has 0 saturated heterocycles. The van der Waals surface area contributed by atoms with Crippen LogP contribution in [0, 0.1) is 0 Å². The van der Waals surface area contributed by atoms with Crippen LogP contribution >= 0.6 is 11.6 Å². The molecule has 0 aliphatic carbocycles. The minimum absolute atomic E-state index is 0.149. The summed E-state index contributed by atoms with van der Waals surface area (Å²) in [5.74, 6) is -2.57. The maximum atomic E-state index is 13.0. The van der Waals surface area contributed by atoms with Crippen molar-refractivity contribution in [2.45, 2.75) is 20.0 Å². The number of esters is 2. The second-order valence-corrected chi connectivity index (χ2v) is 7.21. The highest BCUT2D eigenvalue weighted by molar-refractivity contribution is 6.53. The molecule has 0 atom stereocenters. The molecule has 2 amide bonds. The molecular weight excluding hydrogens is 424 g/mol. The highest BCUT2D eigenvalue weighted by Crippen LogP contribution is 2.31. The van der Waals surface area contributed by atoms with Crippen molar-refractivity contribution in [2.75, 3.05) is 17.3 Å². The predicted octanol–water partition coefficient (Wildman–Crippen LogP) is 3.47. The van der Waals surface area contributed by atoms with Crippen molar-refractivity contribution in [3.8, 4) is 0 Å². The van der Waals surface area contributed by atoms with Gasteiger partial charge in [0.2, 0.25) is 0 Å². The number of methoxy groups -OCH3 is 1. The van der Waals surface area contributed by atoms with Crippen molar-refractivity contribution in [2.24, 2.45) is 0 Å². The first-order valence-electron chi connectivity index (χ1n) is 9.28. The number of hydrogen-bond donors (Lipinski definition) is 1. The third-order valence-corrected chi connectivity index (χ3v) is 4.61. The lowest BCUT2D eigenvalue weighted by molar-refractivity contribution is -0.120. The number of nitrogens with zero attached hydrogens (tertiary/aromatic N) is 1. The molecule has 1 heterocycles. The van der Waals surface area contributed by atoms with Crippen molar-refractivity contribution in [3.05, 3.63) is 70.4 Å². The van der Waals surface area contributed by atoms with E-state index in [1.165, 1.54) is 37.4 Å². The standard InChI is InChI=1S/C22H19ClN2O6/c1-12(2)31-22(29)14-7-5-9-16(11-14)25-19(26)17(23)18(20(25)27)24-15-8-4-6-13(10-15)21(28)30-3/h4-12,24H,1-3H3. The Balaban J connectivity index is 1.87. The van der Waals surface area contributed by atoms with Crippen LogP contribution < -0.4 is 10.2 Å². The highest BCUT2D eigenvalue weighted by atomic mass is 35.5. The third kappa shape index (κ3) is 4.59. The van der Waals surface area contributed by atoms with Gasteiger partial charge in [0.1, 0.15) is 10.7 Å². The van der Waals surface area contributed by atoms with Crippen LogP contribution in [0.5, 0.6) is 0 Å². The number of halogens is 1. The van der Waals surface area contributed by atoms with Crippen molar-refractivity contribution in [1.29, 1.82) is 0 Å². The Hall–Kier alpha value is -3.65. The topological polar surface area (TPSA) is 102 Å². The van der Waals surface area contributed by atoms with Crippen molar-refractivity contribution >= 4 is 46.7 Å². The summed E-state index contributed by atoms with van der Waals surface area (Å²) in [6, 6.07) is 12.1. The fraction of sp³-hybridized carbons (Fsp3) is 0.182. The summed E-state index contributed by atoms with van der Waals surface area (Å²) in [6.07, 6.45) is -0.320. The van der Waals surface area contributed by atoms with Crippen molar-refractivity contribution in [1.82, 2.24) is 0 Å².